The van der Waals surface area contributed by atoms with E-state index in [0.717, 1.165) is 25.9 Å². The van der Waals surface area contributed by atoms with Crippen molar-refractivity contribution in [2.24, 2.45) is 0 Å². The summed E-state index contributed by atoms with van der Waals surface area (Å²) in [7, 11) is 0. The Hall–Kier alpha value is -1.46. The van der Waals surface area contributed by atoms with E-state index in [1.54, 1.807) is 12.1 Å². The quantitative estimate of drug-likeness (QED) is 0.921. The summed E-state index contributed by atoms with van der Waals surface area (Å²) in [5.41, 5.74) is 0.647. The number of aromatic nitrogens is 2. The topological polar surface area (TPSA) is 51.0 Å². The Kier molecular flexibility index (Phi) is 4.50. The molecule has 0 spiro atoms. The van der Waals surface area contributed by atoms with Crippen LogP contribution in [-0.2, 0) is 0 Å². The van der Waals surface area contributed by atoms with Gasteiger partial charge in [-0.1, -0.05) is 17.3 Å². The van der Waals surface area contributed by atoms with Gasteiger partial charge in [0.25, 0.3) is 0 Å². The van der Waals surface area contributed by atoms with Crippen LogP contribution in [-0.4, -0.2) is 23.2 Å². The molecule has 1 aromatic heterocycles. The first-order valence-electron chi connectivity index (χ1n) is 6.13. The SMILES string of the molecule is Cl.Fc1cccc(-c2noc(C3CCCNC3)n2)c1. The Morgan fingerprint density at radius 3 is 3.00 bits per heavy atom. The molecular formula is C13H15ClFN3O. The van der Waals surface area contributed by atoms with Crippen LogP contribution in [0.3, 0.4) is 0 Å². The predicted octanol–water partition coefficient (Wildman–Crippen LogP) is 2.76. The molecule has 1 N–H and O–H groups in total. The van der Waals surface area contributed by atoms with Gasteiger partial charge in [-0.25, -0.2) is 4.39 Å². The molecule has 102 valence electrons. The number of halogens is 2. The number of nitrogens with one attached hydrogen (secondary N) is 1. The van der Waals surface area contributed by atoms with Gasteiger partial charge < -0.3 is 9.84 Å². The maximum Gasteiger partial charge on any atom is 0.231 e. The molecule has 3 rings (SSSR count). The zero-order valence-electron chi connectivity index (χ0n) is 10.3. The van der Waals surface area contributed by atoms with Crippen molar-refractivity contribution in [2.75, 3.05) is 13.1 Å². The molecule has 1 saturated heterocycles. The largest absolute Gasteiger partial charge is 0.339 e. The van der Waals surface area contributed by atoms with Crippen LogP contribution in [0.1, 0.15) is 24.7 Å². The van der Waals surface area contributed by atoms with Gasteiger partial charge in [-0.15, -0.1) is 12.4 Å². The third-order valence-corrected chi connectivity index (χ3v) is 3.17. The number of piperidine rings is 1. The van der Waals surface area contributed by atoms with Crippen molar-refractivity contribution in [2.45, 2.75) is 18.8 Å². The van der Waals surface area contributed by atoms with Gasteiger partial charge in [-0.05, 0) is 31.5 Å². The summed E-state index contributed by atoms with van der Waals surface area (Å²) in [6.45, 7) is 1.91. The fourth-order valence-electron chi connectivity index (χ4n) is 2.21. The molecule has 4 nitrogen and oxygen atoms in total. The van der Waals surface area contributed by atoms with E-state index < -0.39 is 0 Å². The van der Waals surface area contributed by atoms with E-state index in [9.17, 15) is 4.39 Å². The van der Waals surface area contributed by atoms with Crippen molar-refractivity contribution in [1.29, 1.82) is 0 Å². The molecular weight excluding hydrogens is 269 g/mol. The summed E-state index contributed by atoms with van der Waals surface area (Å²) in [6.07, 6.45) is 2.17. The molecule has 19 heavy (non-hydrogen) atoms. The zero-order valence-corrected chi connectivity index (χ0v) is 11.1. The number of hydrogen-bond donors (Lipinski definition) is 1. The van der Waals surface area contributed by atoms with Gasteiger partial charge >= 0.3 is 0 Å². The van der Waals surface area contributed by atoms with E-state index in [0.29, 0.717) is 17.3 Å². The number of hydrogen-bond acceptors (Lipinski definition) is 4. The average Bonchev–Trinajstić information content (AvgIpc) is 2.89. The number of rotatable bonds is 2. The molecule has 0 aliphatic carbocycles. The van der Waals surface area contributed by atoms with Gasteiger partial charge in [-0.3, -0.25) is 0 Å². The van der Waals surface area contributed by atoms with E-state index in [4.69, 9.17) is 4.52 Å². The van der Waals surface area contributed by atoms with Gasteiger partial charge in [0.2, 0.25) is 11.7 Å². The summed E-state index contributed by atoms with van der Waals surface area (Å²) in [5, 5.41) is 7.23. The molecule has 6 heteroatoms. The van der Waals surface area contributed by atoms with Crippen LogP contribution in [0, 0.1) is 5.82 Å². The molecule has 1 fully saturated rings. The number of benzene rings is 1. The predicted molar refractivity (Wildman–Crippen MR) is 71.8 cm³/mol. The molecule has 2 aromatic rings. The molecule has 2 heterocycles. The molecule has 1 aliphatic rings. The van der Waals surface area contributed by atoms with Gasteiger partial charge in [-0.2, -0.15) is 4.98 Å². The second-order valence-electron chi connectivity index (χ2n) is 4.51. The minimum atomic E-state index is -0.293. The van der Waals surface area contributed by atoms with Gasteiger partial charge in [0, 0.05) is 12.1 Å². The third kappa shape index (κ3) is 3.11. The Balaban J connectivity index is 0.00000133. The Labute approximate surface area is 116 Å². The zero-order chi connectivity index (χ0) is 12.4. The lowest BCUT2D eigenvalue weighted by Crippen LogP contribution is -2.28. The van der Waals surface area contributed by atoms with Crippen LogP contribution in [0.15, 0.2) is 28.8 Å². The molecule has 1 unspecified atom stereocenters. The van der Waals surface area contributed by atoms with Crippen LogP contribution in [0.25, 0.3) is 11.4 Å². The summed E-state index contributed by atoms with van der Waals surface area (Å²) in [5.74, 6) is 1.07. The van der Waals surface area contributed by atoms with Crippen molar-refractivity contribution < 1.29 is 8.91 Å². The Morgan fingerprint density at radius 1 is 1.37 bits per heavy atom. The van der Waals surface area contributed by atoms with Crippen LogP contribution in [0.2, 0.25) is 0 Å². The molecule has 1 atom stereocenters. The highest BCUT2D eigenvalue weighted by molar-refractivity contribution is 5.85. The first-order valence-corrected chi connectivity index (χ1v) is 6.13. The standard InChI is InChI=1S/C13H14FN3O.ClH/c14-11-5-1-3-9(7-11)12-16-13(18-17-12)10-4-2-6-15-8-10;/h1,3,5,7,10,15H,2,4,6,8H2;1H. The summed E-state index contributed by atoms with van der Waals surface area (Å²) < 4.78 is 18.4. The molecule has 0 saturated carbocycles. The molecule has 0 bridgehead atoms. The lowest BCUT2D eigenvalue weighted by molar-refractivity contribution is 0.322. The van der Waals surface area contributed by atoms with E-state index in [-0.39, 0.29) is 24.1 Å². The molecule has 1 aliphatic heterocycles. The minimum Gasteiger partial charge on any atom is -0.339 e. The van der Waals surface area contributed by atoms with E-state index in [2.05, 4.69) is 15.5 Å². The van der Waals surface area contributed by atoms with Crippen LogP contribution >= 0.6 is 12.4 Å². The van der Waals surface area contributed by atoms with Crippen molar-refractivity contribution in [3.8, 4) is 11.4 Å². The lowest BCUT2D eigenvalue weighted by Gasteiger charge is -2.18. The van der Waals surface area contributed by atoms with Crippen LogP contribution in [0.5, 0.6) is 0 Å². The van der Waals surface area contributed by atoms with Crippen LogP contribution in [0.4, 0.5) is 4.39 Å². The van der Waals surface area contributed by atoms with E-state index in [1.165, 1.54) is 12.1 Å². The van der Waals surface area contributed by atoms with Gasteiger partial charge in [0.15, 0.2) is 0 Å². The summed E-state index contributed by atoms with van der Waals surface area (Å²) >= 11 is 0. The van der Waals surface area contributed by atoms with Crippen molar-refractivity contribution in [3.05, 3.63) is 36.0 Å². The monoisotopic (exact) mass is 283 g/mol. The fourth-order valence-corrected chi connectivity index (χ4v) is 2.21. The normalized spacial score (nSPS) is 18.9. The second-order valence-corrected chi connectivity index (χ2v) is 4.51. The highest BCUT2D eigenvalue weighted by Crippen LogP contribution is 2.24. The fraction of sp³-hybridized carbons (Fsp3) is 0.385. The molecule has 0 amide bonds. The van der Waals surface area contributed by atoms with Crippen LogP contribution < -0.4 is 5.32 Å². The van der Waals surface area contributed by atoms with Crippen molar-refractivity contribution in [1.82, 2.24) is 15.5 Å². The average molecular weight is 284 g/mol. The highest BCUT2D eigenvalue weighted by atomic mass is 35.5. The first kappa shape index (κ1) is 14.0. The maximum absolute atomic E-state index is 13.1. The van der Waals surface area contributed by atoms with E-state index >= 15 is 0 Å². The van der Waals surface area contributed by atoms with Gasteiger partial charge in [0.05, 0.1) is 5.92 Å². The molecule has 0 radical (unpaired) electrons. The smallest absolute Gasteiger partial charge is 0.231 e. The third-order valence-electron chi connectivity index (χ3n) is 3.17. The molecule has 1 aromatic carbocycles. The van der Waals surface area contributed by atoms with Gasteiger partial charge in [0.1, 0.15) is 5.82 Å². The summed E-state index contributed by atoms with van der Waals surface area (Å²) in [4.78, 5) is 4.36. The lowest BCUT2D eigenvalue weighted by atomic mass is 10.00. The Morgan fingerprint density at radius 2 is 2.26 bits per heavy atom. The minimum absolute atomic E-state index is 0. The maximum atomic E-state index is 13.1. The Bertz CT molecular complexity index is 540. The number of nitrogens with zero attached hydrogens (tertiary/aromatic N) is 2. The van der Waals surface area contributed by atoms with Crippen molar-refractivity contribution >= 4 is 12.4 Å². The van der Waals surface area contributed by atoms with Crippen molar-refractivity contribution in [3.63, 3.8) is 0 Å². The first-order chi connectivity index (χ1) is 8.83. The summed E-state index contributed by atoms with van der Waals surface area (Å²) in [6, 6.07) is 6.23. The van der Waals surface area contributed by atoms with E-state index in [1.807, 2.05) is 0 Å². The second kappa shape index (κ2) is 6.12. The highest BCUT2D eigenvalue weighted by Gasteiger charge is 2.21.